The number of carbonyl (C=O) groups is 1. The van der Waals surface area contributed by atoms with E-state index in [0.29, 0.717) is 39.9 Å². The molecule has 0 aliphatic carbocycles. The van der Waals surface area contributed by atoms with Crippen LogP contribution in [0.4, 0.5) is 0 Å². The Labute approximate surface area is 195 Å². The molecule has 0 atom stereocenters. The number of nitrogens with zero attached hydrogens (tertiary/aromatic N) is 2. The lowest BCUT2D eigenvalue weighted by Gasteiger charge is -2.12. The van der Waals surface area contributed by atoms with E-state index in [1.54, 1.807) is 36.4 Å². The number of benzene rings is 3. The van der Waals surface area contributed by atoms with Gasteiger partial charge >= 0.3 is 5.97 Å². The highest BCUT2D eigenvalue weighted by Crippen LogP contribution is 2.40. The van der Waals surface area contributed by atoms with Crippen LogP contribution in [0.2, 0.25) is 0 Å². The molecule has 0 spiro atoms. The van der Waals surface area contributed by atoms with E-state index < -0.39 is 5.97 Å². The second kappa shape index (κ2) is 10.4. The van der Waals surface area contributed by atoms with Gasteiger partial charge in [-0.1, -0.05) is 24.3 Å². The first kappa shape index (κ1) is 22.7. The van der Waals surface area contributed by atoms with Gasteiger partial charge in [-0.15, -0.1) is 10.2 Å². The number of rotatable bonds is 9. The molecule has 0 unspecified atom stereocenters. The van der Waals surface area contributed by atoms with Crippen LogP contribution in [0.25, 0.3) is 11.5 Å². The van der Waals surface area contributed by atoms with Crippen molar-refractivity contribution in [1.29, 1.82) is 0 Å². The molecule has 174 valence electrons. The predicted octanol–water partition coefficient (Wildman–Crippen LogP) is 4.91. The Bertz CT molecular complexity index is 1250. The van der Waals surface area contributed by atoms with Gasteiger partial charge in [0.25, 0.3) is 5.89 Å². The third kappa shape index (κ3) is 5.09. The molecule has 1 aromatic heterocycles. The molecular weight excluding hydrogens is 440 g/mol. The molecule has 4 rings (SSSR count). The van der Waals surface area contributed by atoms with Crippen LogP contribution in [0.5, 0.6) is 28.7 Å². The van der Waals surface area contributed by atoms with Crippen molar-refractivity contribution in [2.24, 2.45) is 0 Å². The van der Waals surface area contributed by atoms with E-state index in [1.807, 2.05) is 30.3 Å². The first-order valence-electron chi connectivity index (χ1n) is 10.2. The summed E-state index contributed by atoms with van der Waals surface area (Å²) in [4.78, 5) is 12.5. The van der Waals surface area contributed by atoms with Crippen molar-refractivity contribution in [1.82, 2.24) is 10.2 Å². The van der Waals surface area contributed by atoms with Crippen molar-refractivity contribution in [2.45, 2.75) is 6.61 Å². The molecule has 34 heavy (non-hydrogen) atoms. The van der Waals surface area contributed by atoms with E-state index in [1.165, 1.54) is 21.3 Å². The summed E-state index contributed by atoms with van der Waals surface area (Å²) in [6.07, 6.45) is 0. The molecule has 0 amide bonds. The normalized spacial score (nSPS) is 10.4. The summed E-state index contributed by atoms with van der Waals surface area (Å²) in [6, 6.07) is 19.3. The highest BCUT2D eigenvalue weighted by Gasteiger charge is 2.18. The maximum Gasteiger partial charge on any atom is 0.338 e. The summed E-state index contributed by atoms with van der Waals surface area (Å²) in [7, 11) is 4.54. The number of methoxy groups -OCH3 is 3. The average molecular weight is 462 g/mol. The molecule has 0 bridgehead atoms. The minimum atomic E-state index is -0.550. The van der Waals surface area contributed by atoms with Crippen molar-refractivity contribution in [3.8, 4) is 40.2 Å². The van der Waals surface area contributed by atoms with Crippen LogP contribution in [0.1, 0.15) is 16.2 Å². The molecular formula is C25H22N2O7. The van der Waals surface area contributed by atoms with E-state index in [0.717, 1.165) is 0 Å². The summed E-state index contributed by atoms with van der Waals surface area (Å²) in [5.74, 6) is 2.31. The average Bonchev–Trinajstić information content (AvgIpc) is 3.36. The topological polar surface area (TPSA) is 102 Å². The fraction of sp³-hybridized carbons (Fsp3) is 0.160. The maximum absolute atomic E-state index is 12.5. The molecule has 9 nitrogen and oxygen atoms in total. The van der Waals surface area contributed by atoms with E-state index in [4.69, 9.17) is 28.1 Å². The number of aromatic nitrogens is 2. The van der Waals surface area contributed by atoms with Gasteiger partial charge in [-0.3, -0.25) is 0 Å². The third-order valence-electron chi connectivity index (χ3n) is 4.75. The van der Waals surface area contributed by atoms with Gasteiger partial charge in [0.05, 0.1) is 26.9 Å². The fourth-order valence-corrected chi connectivity index (χ4v) is 3.15. The van der Waals surface area contributed by atoms with E-state index in [2.05, 4.69) is 10.2 Å². The molecule has 0 aliphatic heterocycles. The molecule has 0 fully saturated rings. The first-order chi connectivity index (χ1) is 16.6. The number of esters is 1. The molecule has 0 aliphatic rings. The van der Waals surface area contributed by atoms with E-state index in [-0.39, 0.29) is 18.4 Å². The number of carbonyl (C=O) groups excluding carboxylic acids is 1. The smallest absolute Gasteiger partial charge is 0.338 e. The SMILES string of the molecule is COc1cc(-c2nnc(COC(=O)c3cccc(Oc4ccccc4)c3)o2)cc(OC)c1OC. The second-order valence-electron chi connectivity index (χ2n) is 6.93. The van der Waals surface area contributed by atoms with Gasteiger partial charge in [0.1, 0.15) is 11.5 Å². The van der Waals surface area contributed by atoms with Crippen LogP contribution in [-0.4, -0.2) is 37.5 Å². The first-order valence-corrected chi connectivity index (χ1v) is 10.2. The predicted molar refractivity (Wildman–Crippen MR) is 121 cm³/mol. The monoisotopic (exact) mass is 462 g/mol. The Kier molecular flexibility index (Phi) is 6.92. The van der Waals surface area contributed by atoms with Gasteiger partial charge < -0.3 is 28.1 Å². The third-order valence-corrected chi connectivity index (χ3v) is 4.75. The van der Waals surface area contributed by atoms with Crippen molar-refractivity contribution < 1.29 is 32.9 Å². The minimum Gasteiger partial charge on any atom is -0.493 e. The summed E-state index contributed by atoms with van der Waals surface area (Å²) in [6.45, 7) is -0.194. The maximum atomic E-state index is 12.5. The fourth-order valence-electron chi connectivity index (χ4n) is 3.15. The van der Waals surface area contributed by atoms with Gasteiger partial charge in [-0.25, -0.2) is 4.79 Å². The van der Waals surface area contributed by atoms with Crippen LogP contribution in [-0.2, 0) is 11.3 Å². The quantitative estimate of drug-likeness (QED) is 0.321. The largest absolute Gasteiger partial charge is 0.493 e. The van der Waals surface area contributed by atoms with E-state index >= 15 is 0 Å². The summed E-state index contributed by atoms with van der Waals surface area (Å²) in [5, 5.41) is 7.98. The molecule has 4 aromatic rings. The number of ether oxygens (including phenoxy) is 5. The molecule has 1 heterocycles. The lowest BCUT2D eigenvalue weighted by atomic mass is 10.2. The Hall–Kier alpha value is -4.53. The minimum absolute atomic E-state index is 0.133. The molecule has 0 saturated carbocycles. The Balaban J connectivity index is 1.43. The molecule has 9 heteroatoms. The second-order valence-corrected chi connectivity index (χ2v) is 6.93. The van der Waals surface area contributed by atoms with Gasteiger partial charge in [-0.2, -0.15) is 0 Å². The lowest BCUT2D eigenvalue weighted by molar-refractivity contribution is 0.0438. The summed E-state index contributed by atoms with van der Waals surface area (Å²) in [5.41, 5.74) is 0.892. The van der Waals surface area contributed by atoms with Crippen LogP contribution < -0.4 is 18.9 Å². The molecule has 3 aromatic carbocycles. The van der Waals surface area contributed by atoms with Gasteiger partial charge in [-0.05, 0) is 42.5 Å². The van der Waals surface area contributed by atoms with Crippen LogP contribution >= 0.6 is 0 Å². The molecule has 0 N–H and O–H groups in total. The Morgan fingerprint density at radius 3 is 2.21 bits per heavy atom. The zero-order valence-corrected chi connectivity index (χ0v) is 18.8. The number of hydrogen-bond donors (Lipinski definition) is 0. The molecule has 0 radical (unpaired) electrons. The Morgan fingerprint density at radius 1 is 0.824 bits per heavy atom. The van der Waals surface area contributed by atoms with Crippen LogP contribution in [0.15, 0.2) is 71.1 Å². The zero-order chi connectivity index (χ0) is 23.9. The van der Waals surface area contributed by atoms with Crippen molar-refractivity contribution in [2.75, 3.05) is 21.3 Å². The lowest BCUT2D eigenvalue weighted by Crippen LogP contribution is -2.05. The van der Waals surface area contributed by atoms with Crippen molar-refractivity contribution >= 4 is 5.97 Å². The van der Waals surface area contributed by atoms with E-state index in [9.17, 15) is 4.79 Å². The van der Waals surface area contributed by atoms with Gasteiger partial charge in [0.2, 0.25) is 11.6 Å². The van der Waals surface area contributed by atoms with Crippen LogP contribution in [0.3, 0.4) is 0 Å². The number of hydrogen-bond acceptors (Lipinski definition) is 9. The van der Waals surface area contributed by atoms with Crippen LogP contribution in [0, 0.1) is 0 Å². The van der Waals surface area contributed by atoms with Crippen molar-refractivity contribution in [3.63, 3.8) is 0 Å². The Morgan fingerprint density at radius 2 is 1.53 bits per heavy atom. The number of para-hydroxylation sites is 1. The van der Waals surface area contributed by atoms with Gasteiger partial charge in [0.15, 0.2) is 18.1 Å². The van der Waals surface area contributed by atoms with Crippen molar-refractivity contribution in [3.05, 3.63) is 78.2 Å². The summed E-state index contributed by atoms with van der Waals surface area (Å²) >= 11 is 0. The zero-order valence-electron chi connectivity index (χ0n) is 18.8. The molecule has 0 saturated heterocycles. The standard InChI is InChI=1S/C25H22N2O7/c1-29-20-13-17(14-21(30-2)23(20)31-3)24-27-26-22(34-24)15-32-25(28)16-8-7-11-19(12-16)33-18-9-5-4-6-10-18/h4-14H,15H2,1-3H3. The summed E-state index contributed by atoms with van der Waals surface area (Å²) < 4.78 is 32.8. The highest BCUT2D eigenvalue weighted by molar-refractivity contribution is 5.89. The highest BCUT2D eigenvalue weighted by atomic mass is 16.5. The van der Waals surface area contributed by atoms with Gasteiger partial charge in [0, 0.05) is 5.56 Å².